The molecular weight excluding hydrogens is 246 g/mol. The molecule has 0 bridgehead atoms. The summed E-state index contributed by atoms with van der Waals surface area (Å²) in [6.45, 7) is 8.55. The first-order chi connectivity index (χ1) is 9.58. The van der Waals surface area contributed by atoms with Gasteiger partial charge in [0.15, 0.2) is 0 Å². The summed E-state index contributed by atoms with van der Waals surface area (Å²) in [5.74, 6) is 0. The fourth-order valence-corrected chi connectivity index (χ4v) is 2.74. The molecule has 108 valence electrons. The fourth-order valence-electron chi connectivity index (χ4n) is 2.74. The molecule has 0 radical (unpaired) electrons. The van der Waals surface area contributed by atoms with Gasteiger partial charge in [0.1, 0.15) is 0 Å². The van der Waals surface area contributed by atoms with Gasteiger partial charge in [0, 0.05) is 11.7 Å². The van der Waals surface area contributed by atoms with E-state index >= 15 is 0 Å². The summed E-state index contributed by atoms with van der Waals surface area (Å²) in [6.07, 6.45) is 2.91. The molecule has 20 heavy (non-hydrogen) atoms. The second-order valence-electron chi connectivity index (χ2n) is 5.42. The van der Waals surface area contributed by atoms with E-state index in [2.05, 4.69) is 56.6 Å². The second kappa shape index (κ2) is 6.23. The number of aryl methyl sites for hydroxylation is 1. The van der Waals surface area contributed by atoms with E-state index in [-0.39, 0.29) is 6.04 Å². The van der Waals surface area contributed by atoms with Crippen LogP contribution >= 0.6 is 0 Å². The number of aromatic nitrogens is 2. The number of para-hydroxylation sites is 1. The lowest BCUT2D eigenvalue weighted by Crippen LogP contribution is -2.22. The van der Waals surface area contributed by atoms with E-state index in [4.69, 9.17) is 10.8 Å². The van der Waals surface area contributed by atoms with Crippen molar-refractivity contribution in [3.63, 3.8) is 0 Å². The van der Waals surface area contributed by atoms with Gasteiger partial charge in [-0.1, -0.05) is 32.0 Å². The molecule has 2 N–H and O–H groups in total. The van der Waals surface area contributed by atoms with E-state index in [0.717, 1.165) is 30.6 Å². The Morgan fingerprint density at radius 3 is 2.50 bits per heavy atom. The Labute approximate surface area is 121 Å². The molecule has 1 aromatic heterocycles. The second-order valence-corrected chi connectivity index (χ2v) is 5.42. The molecule has 0 aliphatic rings. The first kappa shape index (κ1) is 14.8. The minimum atomic E-state index is 0.207. The highest BCUT2D eigenvalue weighted by Crippen LogP contribution is 2.22. The standard InChI is InChI=1S/C17H25N3/c1-5-15(18)11-14-9-7-8-10-17(14)20-13(4)16(6-2)12(3)19-20/h7-10,15H,5-6,11,18H2,1-4H3. The summed E-state index contributed by atoms with van der Waals surface area (Å²) >= 11 is 0. The third-order valence-electron chi connectivity index (χ3n) is 4.02. The highest BCUT2D eigenvalue weighted by molar-refractivity contribution is 5.44. The molecule has 0 aliphatic heterocycles. The van der Waals surface area contributed by atoms with Crippen molar-refractivity contribution in [2.45, 2.75) is 53.0 Å². The van der Waals surface area contributed by atoms with Crippen molar-refractivity contribution in [1.29, 1.82) is 0 Å². The summed E-state index contributed by atoms with van der Waals surface area (Å²) in [5.41, 5.74) is 12.3. The number of nitrogens with zero attached hydrogens (tertiary/aromatic N) is 2. The molecule has 1 heterocycles. The van der Waals surface area contributed by atoms with Gasteiger partial charge >= 0.3 is 0 Å². The van der Waals surface area contributed by atoms with Gasteiger partial charge < -0.3 is 5.73 Å². The zero-order valence-electron chi connectivity index (χ0n) is 13.0. The predicted molar refractivity (Wildman–Crippen MR) is 84.4 cm³/mol. The maximum atomic E-state index is 6.12. The van der Waals surface area contributed by atoms with Crippen molar-refractivity contribution in [2.24, 2.45) is 5.73 Å². The summed E-state index contributed by atoms with van der Waals surface area (Å²) in [6, 6.07) is 8.65. The Hall–Kier alpha value is -1.61. The lowest BCUT2D eigenvalue weighted by molar-refractivity contribution is 0.641. The van der Waals surface area contributed by atoms with Crippen LogP contribution in [0.15, 0.2) is 24.3 Å². The molecule has 2 rings (SSSR count). The third kappa shape index (κ3) is 2.78. The van der Waals surface area contributed by atoms with E-state index in [1.54, 1.807) is 0 Å². The fraction of sp³-hybridized carbons (Fsp3) is 0.471. The van der Waals surface area contributed by atoms with Gasteiger partial charge in [-0.05, 0) is 50.3 Å². The van der Waals surface area contributed by atoms with Crippen molar-refractivity contribution in [3.8, 4) is 5.69 Å². The average Bonchev–Trinajstić information content (AvgIpc) is 2.73. The Balaban J connectivity index is 2.48. The van der Waals surface area contributed by atoms with E-state index in [9.17, 15) is 0 Å². The van der Waals surface area contributed by atoms with E-state index in [0.29, 0.717) is 0 Å². The van der Waals surface area contributed by atoms with Crippen LogP contribution in [0.25, 0.3) is 5.69 Å². The Bertz CT molecular complexity index is 584. The molecule has 3 nitrogen and oxygen atoms in total. The first-order valence-electron chi connectivity index (χ1n) is 7.47. The molecule has 1 atom stereocenters. The van der Waals surface area contributed by atoms with E-state index in [1.165, 1.54) is 16.8 Å². The molecule has 0 amide bonds. The highest BCUT2D eigenvalue weighted by atomic mass is 15.3. The minimum absolute atomic E-state index is 0.207. The quantitative estimate of drug-likeness (QED) is 0.906. The Morgan fingerprint density at radius 2 is 1.90 bits per heavy atom. The number of nitrogens with two attached hydrogens (primary N) is 1. The van der Waals surface area contributed by atoms with Crippen molar-refractivity contribution in [2.75, 3.05) is 0 Å². The van der Waals surface area contributed by atoms with Crippen LogP contribution in [0.4, 0.5) is 0 Å². The largest absolute Gasteiger partial charge is 0.327 e. The summed E-state index contributed by atoms with van der Waals surface area (Å²) in [4.78, 5) is 0. The van der Waals surface area contributed by atoms with Gasteiger partial charge in [-0.3, -0.25) is 0 Å². The monoisotopic (exact) mass is 271 g/mol. The molecule has 3 heteroatoms. The van der Waals surface area contributed by atoms with Gasteiger partial charge in [0.2, 0.25) is 0 Å². The summed E-state index contributed by atoms with van der Waals surface area (Å²) < 4.78 is 2.08. The molecular formula is C17H25N3. The van der Waals surface area contributed by atoms with Crippen LogP contribution in [0.3, 0.4) is 0 Å². The summed E-state index contributed by atoms with van der Waals surface area (Å²) in [7, 11) is 0. The third-order valence-corrected chi connectivity index (χ3v) is 4.02. The Kier molecular flexibility index (Phi) is 4.61. The van der Waals surface area contributed by atoms with Crippen LogP contribution in [-0.4, -0.2) is 15.8 Å². The van der Waals surface area contributed by atoms with Crippen LogP contribution in [0.1, 0.15) is 42.8 Å². The molecule has 2 aromatic rings. The minimum Gasteiger partial charge on any atom is -0.327 e. The van der Waals surface area contributed by atoms with Gasteiger partial charge in [-0.25, -0.2) is 4.68 Å². The topological polar surface area (TPSA) is 43.8 Å². The van der Waals surface area contributed by atoms with E-state index < -0.39 is 0 Å². The Morgan fingerprint density at radius 1 is 1.20 bits per heavy atom. The number of benzene rings is 1. The molecule has 0 spiro atoms. The number of rotatable bonds is 5. The molecule has 0 aliphatic carbocycles. The molecule has 1 unspecified atom stereocenters. The lowest BCUT2D eigenvalue weighted by Gasteiger charge is -2.14. The molecule has 0 saturated heterocycles. The van der Waals surface area contributed by atoms with Gasteiger partial charge in [-0.15, -0.1) is 0 Å². The maximum Gasteiger partial charge on any atom is 0.0681 e. The van der Waals surface area contributed by atoms with Crippen molar-refractivity contribution < 1.29 is 0 Å². The van der Waals surface area contributed by atoms with Gasteiger partial charge in [-0.2, -0.15) is 5.10 Å². The normalized spacial score (nSPS) is 12.7. The SMILES string of the molecule is CCc1c(C)nn(-c2ccccc2CC(N)CC)c1C. The zero-order chi connectivity index (χ0) is 14.7. The number of hydrogen-bond acceptors (Lipinski definition) is 2. The van der Waals surface area contributed by atoms with Crippen LogP contribution < -0.4 is 5.73 Å². The highest BCUT2D eigenvalue weighted by Gasteiger charge is 2.14. The van der Waals surface area contributed by atoms with Gasteiger partial charge in [0.25, 0.3) is 0 Å². The molecule has 0 fully saturated rings. The maximum absolute atomic E-state index is 6.12. The van der Waals surface area contributed by atoms with Crippen molar-refractivity contribution >= 4 is 0 Å². The van der Waals surface area contributed by atoms with Crippen LogP contribution in [0.5, 0.6) is 0 Å². The smallest absolute Gasteiger partial charge is 0.0681 e. The molecule has 0 saturated carbocycles. The number of hydrogen-bond donors (Lipinski definition) is 1. The average molecular weight is 271 g/mol. The zero-order valence-corrected chi connectivity index (χ0v) is 13.0. The van der Waals surface area contributed by atoms with E-state index in [1.807, 2.05) is 0 Å². The summed E-state index contributed by atoms with van der Waals surface area (Å²) in [5, 5.41) is 4.72. The van der Waals surface area contributed by atoms with Crippen LogP contribution in [-0.2, 0) is 12.8 Å². The lowest BCUT2D eigenvalue weighted by atomic mass is 10.0. The molecule has 1 aromatic carbocycles. The van der Waals surface area contributed by atoms with Gasteiger partial charge in [0.05, 0.1) is 11.4 Å². The first-order valence-corrected chi connectivity index (χ1v) is 7.47. The van der Waals surface area contributed by atoms with Crippen molar-refractivity contribution in [1.82, 2.24) is 9.78 Å². The van der Waals surface area contributed by atoms with Crippen LogP contribution in [0.2, 0.25) is 0 Å². The predicted octanol–water partition coefficient (Wildman–Crippen LogP) is 3.33. The van der Waals surface area contributed by atoms with Crippen LogP contribution in [0, 0.1) is 13.8 Å². The van der Waals surface area contributed by atoms with Crippen molar-refractivity contribution in [3.05, 3.63) is 46.8 Å².